The lowest BCUT2D eigenvalue weighted by molar-refractivity contribution is -0.0599. The van der Waals surface area contributed by atoms with Crippen molar-refractivity contribution in [1.82, 2.24) is 4.98 Å². The van der Waals surface area contributed by atoms with Gasteiger partial charge in [0.1, 0.15) is 0 Å². The van der Waals surface area contributed by atoms with Crippen LogP contribution >= 0.6 is 11.3 Å². The second-order valence-corrected chi connectivity index (χ2v) is 4.76. The summed E-state index contributed by atoms with van der Waals surface area (Å²) in [5.41, 5.74) is 8.27. The Hall–Kier alpha value is -1.83. The summed E-state index contributed by atoms with van der Waals surface area (Å²) in [6.45, 7) is 1.86. The number of alkyl halides is 3. The number of thiazole rings is 1. The van der Waals surface area contributed by atoms with Crippen molar-refractivity contribution in [3.05, 3.63) is 23.2 Å². The van der Waals surface area contributed by atoms with Gasteiger partial charge >= 0.3 is 6.18 Å². The molecule has 0 unspecified atom stereocenters. The van der Waals surface area contributed by atoms with Gasteiger partial charge in [-0.3, -0.25) is 5.43 Å². The van der Waals surface area contributed by atoms with Gasteiger partial charge in [-0.2, -0.15) is 18.3 Å². The van der Waals surface area contributed by atoms with Gasteiger partial charge in [-0.1, -0.05) is 0 Å². The van der Waals surface area contributed by atoms with Crippen LogP contribution in [0.5, 0.6) is 0 Å². The minimum absolute atomic E-state index is 0.429. The maximum absolute atomic E-state index is 12.1. The third-order valence-electron chi connectivity index (χ3n) is 2.09. The molecule has 0 fully saturated rings. The Balaban J connectivity index is 2.22. The van der Waals surface area contributed by atoms with Crippen LogP contribution in [0, 0.1) is 6.92 Å². The van der Waals surface area contributed by atoms with Crippen molar-refractivity contribution in [2.75, 3.05) is 5.43 Å². The van der Waals surface area contributed by atoms with Crippen LogP contribution in [-0.2, 0) is 0 Å². The molecule has 0 saturated carbocycles. The number of hydrazone groups is 1. The van der Waals surface area contributed by atoms with Crippen LogP contribution in [0.2, 0.25) is 0 Å². The van der Waals surface area contributed by atoms with Crippen LogP contribution in [0.1, 0.15) is 5.01 Å². The summed E-state index contributed by atoms with van der Waals surface area (Å²) in [6, 6.07) is 4.97. The van der Waals surface area contributed by atoms with Crippen molar-refractivity contribution in [3.63, 3.8) is 0 Å². The van der Waals surface area contributed by atoms with E-state index < -0.39 is 12.0 Å². The monoisotopic (exact) mass is 274 g/mol. The average molecular weight is 274 g/mol. The molecular formula is C10H9F3N4S. The van der Waals surface area contributed by atoms with Gasteiger partial charge in [-0.15, -0.1) is 11.3 Å². The Labute approximate surface area is 104 Å². The predicted octanol–water partition coefficient (Wildman–Crippen LogP) is 2.85. The van der Waals surface area contributed by atoms with Crippen molar-refractivity contribution in [3.8, 4) is 0 Å². The lowest BCUT2D eigenvalue weighted by atomic mass is 10.3. The van der Waals surface area contributed by atoms with E-state index >= 15 is 0 Å². The molecule has 2 rings (SSSR count). The second kappa shape index (κ2) is 4.45. The summed E-state index contributed by atoms with van der Waals surface area (Å²) in [6.07, 6.45) is -4.63. The highest BCUT2D eigenvalue weighted by atomic mass is 32.1. The number of benzene rings is 1. The number of halogens is 3. The molecule has 3 N–H and O–H groups in total. The number of nitrogens with two attached hydrogens (primary N) is 1. The average Bonchev–Trinajstić information content (AvgIpc) is 2.63. The summed E-state index contributed by atoms with van der Waals surface area (Å²) >= 11 is 1.45. The Morgan fingerprint density at radius 1 is 1.44 bits per heavy atom. The third kappa shape index (κ3) is 2.70. The first-order valence-corrected chi connectivity index (χ1v) is 5.71. The number of fused-ring (bicyclic) bond motifs is 1. The summed E-state index contributed by atoms with van der Waals surface area (Å²) in [5, 5.41) is 3.97. The number of amidine groups is 1. The van der Waals surface area contributed by atoms with Crippen LogP contribution in [0.15, 0.2) is 23.3 Å². The van der Waals surface area contributed by atoms with Gasteiger partial charge < -0.3 is 5.73 Å². The predicted molar refractivity (Wildman–Crippen MR) is 65.7 cm³/mol. The van der Waals surface area contributed by atoms with Crippen molar-refractivity contribution in [1.29, 1.82) is 0 Å². The number of rotatable bonds is 2. The fraction of sp³-hybridized carbons (Fsp3) is 0.200. The number of anilines is 1. The number of nitrogens with zero attached hydrogens (tertiary/aromatic N) is 2. The van der Waals surface area contributed by atoms with Crippen molar-refractivity contribution >= 4 is 33.1 Å². The minimum Gasteiger partial charge on any atom is -0.378 e. The lowest BCUT2D eigenvalue weighted by Gasteiger charge is -2.05. The number of hydrogen-bond acceptors (Lipinski definition) is 4. The summed E-state index contributed by atoms with van der Waals surface area (Å²) < 4.78 is 37.2. The van der Waals surface area contributed by atoms with E-state index in [2.05, 4.69) is 15.5 Å². The molecule has 1 aromatic heterocycles. The van der Waals surface area contributed by atoms with E-state index in [-0.39, 0.29) is 0 Å². The molecule has 0 spiro atoms. The van der Waals surface area contributed by atoms with Crippen LogP contribution in [-0.4, -0.2) is 17.0 Å². The van der Waals surface area contributed by atoms with Crippen LogP contribution in [0.25, 0.3) is 10.2 Å². The Morgan fingerprint density at radius 2 is 2.17 bits per heavy atom. The molecule has 18 heavy (non-hydrogen) atoms. The molecule has 0 radical (unpaired) electrons. The summed E-state index contributed by atoms with van der Waals surface area (Å²) in [4.78, 5) is 4.24. The van der Waals surface area contributed by atoms with Gasteiger partial charge in [0.05, 0.1) is 20.9 Å². The molecule has 0 aliphatic rings. The number of aryl methyl sites for hydroxylation is 1. The zero-order valence-electron chi connectivity index (χ0n) is 9.25. The highest BCUT2D eigenvalue weighted by molar-refractivity contribution is 7.18. The highest BCUT2D eigenvalue weighted by Crippen LogP contribution is 2.25. The lowest BCUT2D eigenvalue weighted by Crippen LogP contribution is -2.32. The minimum atomic E-state index is -4.63. The maximum Gasteiger partial charge on any atom is 0.450 e. The molecule has 1 heterocycles. The van der Waals surface area contributed by atoms with E-state index in [1.54, 1.807) is 18.2 Å². The van der Waals surface area contributed by atoms with Crippen LogP contribution in [0.3, 0.4) is 0 Å². The van der Waals surface area contributed by atoms with Crippen LogP contribution < -0.4 is 11.2 Å². The van der Waals surface area contributed by atoms with Gasteiger partial charge in [0.25, 0.3) is 0 Å². The largest absolute Gasteiger partial charge is 0.450 e. The van der Waals surface area contributed by atoms with Gasteiger partial charge in [0.15, 0.2) is 0 Å². The molecule has 0 amide bonds. The number of nitrogens with one attached hydrogen (secondary N) is 1. The smallest absolute Gasteiger partial charge is 0.378 e. The van der Waals surface area contributed by atoms with Gasteiger partial charge in [-0.05, 0) is 25.1 Å². The number of hydrogen-bond donors (Lipinski definition) is 2. The van der Waals surface area contributed by atoms with E-state index in [0.29, 0.717) is 5.69 Å². The van der Waals surface area contributed by atoms with Crippen molar-refractivity contribution < 1.29 is 13.2 Å². The highest BCUT2D eigenvalue weighted by Gasteiger charge is 2.33. The quantitative estimate of drug-likeness (QED) is 0.503. The molecule has 8 heteroatoms. The topological polar surface area (TPSA) is 63.3 Å². The van der Waals surface area contributed by atoms with E-state index in [4.69, 9.17) is 5.73 Å². The molecule has 0 atom stereocenters. The van der Waals surface area contributed by atoms with E-state index in [1.807, 2.05) is 6.92 Å². The fourth-order valence-electron chi connectivity index (χ4n) is 1.30. The van der Waals surface area contributed by atoms with Crippen molar-refractivity contribution in [2.24, 2.45) is 10.8 Å². The van der Waals surface area contributed by atoms with E-state index in [1.165, 1.54) is 11.3 Å². The zero-order valence-corrected chi connectivity index (χ0v) is 10.1. The molecule has 1 aromatic carbocycles. The molecule has 0 bridgehead atoms. The zero-order chi connectivity index (χ0) is 13.3. The number of aromatic nitrogens is 1. The Bertz CT molecular complexity index is 603. The molecule has 0 aliphatic heterocycles. The van der Waals surface area contributed by atoms with E-state index in [9.17, 15) is 13.2 Å². The third-order valence-corrected chi connectivity index (χ3v) is 3.02. The molecule has 96 valence electrons. The molecule has 4 nitrogen and oxygen atoms in total. The first-order valence-electron chi connectivity index (χ1n) is 4.90. The molecular weight excluding hydrogens is 265 g/mol. The standard InChI is InChI=1S/C10H9F3N4S/c1-5-15-7-3-2-6(4-8(7)18-5)16-17-9(14)10(11,12)13/h2-4,16H,1H3,(H2,14,17). The second-order valence-electron chi connectivity index (χ2n) is 3.52. The molecule has 0 aliphatic carbocycles. The van der Waals surface area contributed by atoms with Crippen LogP contribution in [0.4, 0.5) is 18.9 Å². The SMILES string of the molecule is Cc1nc2ccc(NN=C(N)C(F)(F)F)cc2s1. The van der Waals surface area contributed by atoms with Gasteiger partial charge in [0, 0.05) is 0 Å². The molecule has 0 saturated heterocycles. The van der Waals surface area contributed by atoms with Gasteiger partial charge in [-0.25, -0.2) is 4.98 Å². The normalized spacial score (nSPS) is 13.0. The summed E-state index contributed by atoms with van der Waals surface area (Å²) in [7, 11) is 0. The fourth-order valence-corrected chi connectivity index (χ4v) is 2.16. The summed E-state index contributed by atoms with van der Waals surface area (Å²) in [5.74, 6) is -1.41. The Morgan fingerprint density at radius 3 is 2.83 bits per heavy atom. The first kappa shape index (κ1) is 12.6. The van der Waals surface area contributed by atoms with Gasteiger partial charge in [0.2, 0.25) is 5.84 Å². The van der Waals surface area contributed by atoms with Crippen molar-refractivity contribution in [2.45, 2.75) is 13.1 Å². The maximum atomic E-state index is 12.1. The Kier molecular flexibility index (Phi) is 3.12. The van der Waals surface area contributed by atoms with E-state index in [0.717, 1.165) is 15.2 Å². The first-order chi connectivity index (χ1) is 8.36. The molecule has 2 aromatic rings.